The highest BCUT2D eigenvalue weighted by Gasteiger charge is 2.26. The molecule has 0 bridgehead atoms. The minimum Gasteiger partial charge on any atom is -0.379 e. The van der Waals surface area contributed by atoms with E-state index < -0.39 is 10.0 Å². The van der Waals surface area contributed by atoms with Crippen LogP contribution in [0.15, 0.2) is 53.4 Å². The smallest absolute Gasteiger partial charge is 0.251 e. The molecule has 1 heterocycles. The van der Waals surface area contributed by atoms with Gasteiger partial charge in [-0.15, -0.1) is 0 Å². The molecule has 6 nitrogen and oxygen atoms in total. The normalized spacial score (nSPS) is 16.4. The zero-order chi connectivity index (χ0) is 21.7. The molecular weight excluding hydrogens is 400 g/mol. The van der Waals surface area contributed by atoms with E-state index in [0.717, 1.165) is 12.0 Å². The van der Waals surface area contributed by atoms with Crippen molar-refractivity contribution >= 4 is 15.9 Å². The van der Waals surface area contributed by atoms with Gasteiger partial charge in [-0.05, 0) is 54.7 Å². The molecule has 1 atom stereocenters. The molecule has 3 rings (SSSR count). The molecule has 1 amide bonds. The van der Waals surface area contributed by atoms with Crippen molar-refractivity contribution in [2.24, 2.45) is 5.92 Å². The average Bonchev–Trinajstić information content (AvgIpc) is 2.74. The molecule has 2 aromatic carbocycles. The Hall–Kier alpha value is -2.22. The second-order valence-corrected chi connectivity index (χ2v) is 10.0. The van der Waals surface area contributed by atoms with Gasteiger partial charge in [-0.3, -0.25) is 4.79 Å². The van der Waals surface area contributed by atoms with Crippen molar-refractivity contribution < 1.29 is 17.9 Å². The number of nitrogens with one attached hydrogen (secondary N) is 1. The number of rotatable bonds is 7. The third kappa shape index (κ3) is 5.47. The van der Waals surface area contributed by atoms with Gasteiger partial charge >= 0.3 is 0 Å². The number of carbonyl (C=O) groups is 1. The SMILES string of the molecule is CC(C)Cc1ccc([C@H](C)NC(=O)c2ccc(S(=O)(=O)N3CCOCC3)cc2)cc1. The molecule has 0 aromatic heterocycles. The van der Waals surface area contributed by atoms with E-state index in [1.54, 1.807) is 12.1 Å². The molecular formula is C23H30N2O4S. The predicted octanol–water partition coefficient (Wildman–Crippen LogP) is 3.40. The summed E-state index contributed by atoms with van der Waals surface area (Å²) in [6.45, 7) is 7.80. The molecule has 0 saturated carbocycles. The van der Waals surface area contributed by atoms with Crippen LogP contribution >= 0.6 is 0 Å². The maximum Gasteiger partial charge on any atom is 0.251 e. The number of ether oxygens (including phenoxy) is 1. The molecule has 1 N–H and O–H groups in total. The number of morpholine rings is 1. The molecule has 162 valence electrons. The summed E-state index contributed by atoms with van der Waals surface area (Å²) in [5.74, 6) is 0.368. The van der Waals surface area contributed by atoms with Crippen LogP contribution in [-0.2, 0) is 21.2 Å². The first-order valence-corrected chi connectivity index (χ1v) is 11.8. The average molecular weight is 431 g/mol. The summed E-state index contributed by atoms with van der Waals surface area (Å²) >= 11 is 0. The van der Waals surface area contributed by atoms with E-state index in [9.17, 15) is 13.2 Å². The summed E-state index contributed by atoms with van der Waals surface area (Å²) in [4.78, 5) is 12.8. The molecule has 30 heavy (non-hydrogen) atoms. The number of sulfonamides is 1. The van der Waals surface area contributed by atoms with Gasteiger partial charge in [0, 0.05) is 18.7 Å². The number of nitrogens with zero attached hydrogens (tertiary/aromatic N) is 1. The van der Waals surface area contributed by atoms with Crippen molar-refractivity contribution in [3.63, 3.8) is 0 Å². The van der Waals surface area contributed by atoms with Crippen LogP contribution in [0.5, 0.6) is 0 Å². The third-order valence-corrected chi connectivity index (χ3v) is 7.11. The van der Waals surface area contributed by atoms with E-state index in [-0.39, 0.29) is 16.8 Å². The van der Waals surface area contributed by atoms with Gasteiger partial charge in [-0.25, -0.2) is 8.42 Å². The lowest BCUT2D eigenvalue weighted by Crippen LogP contribution is -2.40. The molecule has 0 spiro atoms. The molecule has 1 aliphatic rings. The Morgan fingerprint density at radius 3 is 2.17 bits per heavy atom. The maximum atomic E-state index is 12.7. The zero-order valence-electron chi connectivity index (χ0n) is 17.8. The minimum absolute atomic E-state index is 0.151. The Bertz CT molecular complexity index is 948. The first kappa shape index (κ1) is 22.5. The van der Waals surface area contributed by atoms with Crippen LogP contribution in [0.4, 0.5) is 0 Å². The minimum atomic E-state index is -3.56. The van der Waals surface area contributed by atoms with Crippen molar-refractivity contribution in [1.82, 2.24) is 9.62 Å². The molecule has 2 aromatic rings. The summed E-state index contributed by atoms with van der Waals surface area (Å²) in [5.41, 5.74) is 2.74. The summed E-state index contributed by atoms with van der Waals surface area (Å²) in [6.07, 6.45) is 1.03. The van der Waals surface area contributed by atoms with Crippen LogP contribution in [0.3, 0.4) is 0 Å². The number of carbonyl (C=O) groups excluding carboxylic acids is 1. The van der Waals surface area contributed by atoms with Crippen molar-refractivity contribution in [2.75, 3.05) is 26.3 Å². The van der Waals surface area contributed by atoms with Gasteiger partial charge in [0.15, 0.2) is 0 Å². The summed E-state index contributed by atoms with van der Waals surface area (Å²) < 4.78 is 32.0. The van der Waals surface area contributed by atoms with Crippen molar-refractivity contribution in [3.8, 4) is 0 Å². The van der Waals surface area contributed by atoms with Gasteiger partial charge in [0.05, 0.1) is 24.2 Å². The fourth-order valence-electron chi connectivity index (χ4n) is 3.49. The van der Waals surface area contributed by atoms with Gasteiger partial charge in [0.25, 0.3) is 5.91 Å². The standard InChI is InChI=1S/C23H30N2O4S/c1-17(2)16-19-4-6-20(7-5-19)18(3)24-23(26)21-8-10-22(11-9-21)30(27,28)25-12-14-29-15-13-25/h4-11,17-18H,12-16H2,1-3H3,(H,24,26)/t18-/m0/s1. The van der Waals surface area contributed by atoms with E-state index >= 15 is 0 Å². The summed E-state index contributed by atoms with van der Waals surface area (Å²) in [5, 5.41) is 2.98. The summed E-state index contributed by atoms with van der Waals surface area (Å²) in [6, 6.07) is 14.2. The first-order valence-electron chi connectivity index (χ1n) is 10.3. The second kappa shape index (κ2) is 9.73. The lowest BCUT2D eigenvalue weighted by Gasteiger charge is -2.26. The Labute approximate surface area is 179 Å². The number of hydrogen-bond acceptors (Lipinski definition) is 4. The number of benzene rings is 2. The highest BCUT2D eigenvalue weighted by molar-refractivity contribution is 7.89. The number of hydrogen-bond donors (Lipinski definition) is 1. The lowest BCUT2D eigenvalue weighted by atomic mass is 10.00. The molecule has 0 unspecified atom stereocenters. The van der Waals surface area contributed by atoms with Gasteiger partial charge in [-0.2, -0.15) is 4.31 Å². The van der Waals surface area contributed by atoms with Gasteiger partial charge in [-0.1, -0.05) is 38.1 Å². The summed E-state index contributed by atoms with van der Waals surface area (Å²) in [7, 11) is -3.56. The Balaban J connectivity index is 1.64. The molecule has 7 heteroatoms. The molecule has 1 aliphatic heterocycles. The van der Waals surface area contributed by atoms with E-state index in [0.29, 0.717) is 37.8 Å². The van der Waals surface area contributed by atoms with Gasteiger partial charge < -0.3 is 10.1 Å². The van der Waals surface area contributed by atoms with Gasteiger partial charge in [0.2, 0.25) is 10.0 Å². The van der Waals surface area contributed by atoms with E-state index in [2.05, 4.69) is 31.3 Å². The quantitative estimate of drug-likeness (QED) is 0.731. The van der Waals surface area contributed by atoms with Crippen LogP contribution in [0.2, 0.25) is 0 Å². The van der Waals surface area contributed by atoms with Crippen LogP contribution in [0.1, 0.15) is 48.3 Å². The lowest BCUT2D eigenvalue weighted by molar-refractivity contribution is 0.0730. The monoisotopic (exact) mass is 430 g/mol. The van der Waals surface area contributed by atoms with E-state index in [4.69, 9.17) is 4.74 Å². The third-order valence-electron chi connectivity index (χ3n) is 5.20. The fraction of sp³-hybridized carbons (Fsp3) is 0.435. The largest absolute Gasteiger partial charge is 0.379 e. The molecule has 1 fully saturated rings. The second-order valence-electron chi connectivity index (χ2n) is 8.08. The van der Waals surface area contributed by atoms with E-state index in [1.807, 2.05) is 19.1 Å². The Morgan fingerprint density at radius 1 is 1.00 bits per heavy atom. The van der Waals surface area contributed by atoms with Crippen molar-refractivity contribution in [1.29, 1.82) is 0 Å². The Morgan fingerprint density at radius 2 is 1.60 bits per heavy atom. The topological polar surface area (TPSA) is 75.7 Å². The van der Waals surface area contributed by atoms with Crippen LogP contribution < -0.4 is 5.32 Å². The highest BCUT2D eigenvalue weighted by atomic mass is 32.2. The predicted molar refractivity (Wildman–Crippen MR) is 117 cm³/mol. The van der Waals surface area contributed by atoms with Crippen LogP contribution in [0.25, 0.3) is 0 Å². The van der Waals surface area contributed by atoms with Crippen molar-refractivity contribution in [2.45, 2.75) is 38.1 Å². The number of amides is 1. The van der Waals surface area contributed by atoms with Crippen molar-refractivity contribution in [3.05, 3.63) is 65.2 Å². The first-order chi connectivity index (χ1) is 14.3. The van der Waals surface area contributed by atoms with Crippen LogP contribution in [0, 0.1) is 5.92 Å². The molecule has 0 aliphatic carbocycles. The van der Waals surface area contributed by atoms with E-state index in [1.165, 1.54) is 22.0 Å². The van der Waals surface area contributed by atoms with Crippen LogP contribution in [-0.4, -0.2) is 44.9 Å². The maximum absolute atomic E-state index is 12.7. The zero-order valence-corrected chi connectivity index (χ0v) is 18.6. The molecule has 1 saturated heterocycles. The highest BCUT2D eigenvalue weighted by Crippen LogP contribution is 2.19. The van der Waals surface area contributed by atoms with Gasteiger partial charge in [0.1, 0.15) is 0 Å². The fourth-order valence-corrected chi connectivity index (χ4v) is 4.90. The Kier molecular flexibility index (Phi) is 7.28. The molecule has 0 radical (unpaired) electrons.